The first-order chi connectivity index (χ1) is 9.89. The second-order valence-electron chi connectivity index (χ2n) is 5.46. The summed E-state index contributed by atoms with van der Waals surface area (Å²) < 4.78 is 24.1. The lowest BCUT2D eigenvalue weighted by molar-refractivity contribution is -0.130. The van der Waals surface area contributed by atoms with E-state index in [1.807, 2.05) is 17.7 Å². The number of hydrogen-bond acceptors (Lipinski definition) is 4. The minimum absolute atomic E-state index is 0.0385. The Labute approximate surface area is 125 Å². The van der Waals surface area contributed by atoms with Gasteiger partial charge in [-0.25, -0.2) is 18.5 Å². The second kappa shape index (κ2) is 6.57. The molecule has 7 nitrogen and oxygen atoms in total. The first kappa shape index (κ1) is 16.0. The van der Waals surface area contributed by atoms with Crippen LogP contribution in [0.15, 0.2) is 12.4 Å². The van der Waals surface area contributed by atoms with Crippen molar-refractivity contribution in [1.29, 1.82) is 0 Å². The maximum absolute atomic E-state index is 12.2. The first-order valence-electron chi connectivity index (χ1n) is 7.17. The van der Waals surface area contributed by atoms with E-state index in [-0.39, 0.29) is 17.6 Å². The fraction of sp³-hybridized carbons (Fsp3) is 0.692. The molecular formula is C13H22N4O3S. The van der Waals surface area contributed by atoms with E-state index in [0.717, 1.165) is 12.2 Å². The predicted molar refractivity (Wildman–Crippen MR) is 78.9 cm³/mol. The number of nitrogens with zero attached hydrogens (tertiary/aromatic N) is 3. The van der Waals surface area contributed by atoms with Crippen molar-refractivity contribution < 1.29 is 13.2 Å². The number of likely N-dealkylation sites (tertiary alicyclic amines) is 1. The fourth-order valence-electron chi connectivity index (χ4n) is 2.76. The maximum atomic E-state index is 12.2. The highest BCUT2D eigenvalue weighted by atomic mass is 32.2. The summed E-state index contributed by atoms with van der Waals surface area (Å²) in [7, 11) is -3.46. The molecule has 0 radical (unpaired) electrons. The van der Waals surface area contributed by atoms with E-state index in [1.54, 1.807) is 11.1 Å². The number of aromatic nitrogens is 2. The molecule has 1 aliphatic heterocycles. The normalized spacial score (nSPS) is 19.1. The molecule has 118 valence electrons. The van der Waals surface area contributed by atoms with Gasteiger partial charge in [0.25, 0.3) is 0 Å². The lowest BCUT2D eigenvalue weighted by atomic mass is 10.2. The van der Waals surface area contributed by atoms with Crippen molar-refractivity contribution in [2.24, 2.45) is 11.1 Å². The number of nitrogens with two attached hydrogens (primary N) is 1. The molecule has 2 N–H and O–H groups in total. The summed E-state index contributed by atoms with van der Waals surface area (Å²) in [6.45, 7) is 3.74. The minimum atomic E-state index is -3.46. The number of carbonyl (C=O) groups excluding carboxylic acids is 1. The van der Waals surface area contributed by atoms with E-state index in [4.69, 9.17) is 5.14 Å². The van der Waals surface area contributed by atoms with Gasteiger partial charge in [-0.15, -0.1) is 0 Å². The highest BCUT2D eigenvalue weighted by Gasteiger charge is 2.28. The van der Waals surface area contributed by atoms with Crippen molar-refractivity contribution in [3.05, 3.63) is 18.2 Å². The Hall–Kier alpha value is -1.41. The summed E-state index contributed by atoms with van der Waals surface area (Å²) in [5.74, 6) is 0.945. The average Bonchev–Trinajstić information content (AvgIpc) is 3.02. The Balaban J connectivity index is 1.82. The zero-order chi connectivity index (χ0) is 15.5. The molecule has 1 aromatic heterocycles. The van der Waals surface area contributed by atoms with Gasteiger partial charge >= 0.3 is 0 Å². The lowest BCUT2D eigenvalue weighted by Crippen LogP contribution is -2.31. The molecule has 2 heterocycles. The Morgan fingerprint density at radius 3 is 2.95 bits per heavy atom. The molecule has 0 saturated carbocycles. The number of primary sulfonamides is 1. The van der Waals surface area contributed by atoms with Crippen molar-refractivity contribution in [2.45, 2.75) is 32.7 Å². The Morgan fingerprint density at radius 2 is 2.29 bits per heavy atom. The zero-order valence-electron chi connectivity index (χ0n) is 12.2. The molecule has 0 spiro atoms. The number of aryl methyl sites for hydroxylation is 2. The highest BCUT2D eigenvalue weighted by molar-refractivity contribution is 7.89. The average molecular weight is 314 g/mol. The van der Waals surface area contributed by atoms with Gasteiger partial charge < -0.3 is 9.47 Å². The van der Waals surface area contributed by atoms with Crippen LogP contribution in [0, 0.1) is 5.92 Å². The predicted octanol–water partition coefficient (Wildman–Crippen LogP) is -0.0274. The zero-order valence-corrected chi connectivity index (χ0v) is 13.1. The summed E-state index contributed by atoms with van der Waals surface area (Å²) in [5, 5.41) is 5.05. The van der Waals surface area contributed by atoms with Gasteiger partial charge in [-0.05, 0) is 12.3 Å². The third-order valence-electron chi connectivity index (χ3n) is 3.79. The van der Waals surface area contributed by atoms with Crippen LogP contribution in [0.4, 0.5) is 0 Å². The minimum Gasteiger partial charge on any atom is -0.342 e. The largest absolute Gasteiger partial charge is 0.342 e. The highest BCUT2D eigenvalue weighted by Crippen LogP contribution is 2.18. The number of sulfonamides is 1. The summed E-state index contributed by atoms with van der Waals surface area (Å²) >= 11 is 0. The Kier molecular flexibility index (Phi) is 5.00. The molecular weight excluding hydrogens is 292 g/mol. The van der Waals surface area contributed by atoms with E-state index in [1.165, 1.54) is 0 Å². The molecule has 1 amide bonds. The fourth-order valence-corrected chi connectivity index (χ4v) is 3.69. The van der Waals surface area contributed by atoms with Crippen LogP contribution in [0.3, 0.4) is 0 Å². The van der Waals surface area contributed by atoms with Crippen LogP contribution < -0.4 is 5.14 Å². The molecule has 1 fully saturated rings. The summed E-state index contributed by atoms with van der Waals surface area (Å²) in [6.07, 6.45) is 5.56. The summed E-state index contributed by atoms with van der Waals surface area (Å²) in [5.41, 5.74) is 0. The molecule has 8 heteroatoms. The topological polar surface area (TPSA) is 98.3 Å². The molecule has 1 aliphatic rings. The number of hydrogen-bond donors (Lipinski definition) is 1. The smallest absolute Gasteiger partial charge is 0.224 e. The number of rotatable bonds is 6. The number of carbonyl (C=O) groups is 1. The standard InChI is InChI=1S/C13H22N4O3S/c1-2-12-15-5-8-16(12)7-4-13(18)17-6-3-11(9-17)10-21(14,19)20/h5,8,11H,2-4,6-7,9-10H2,1H3,(H2,14,19,20)/t11-/m1/s1. The van der Waals surface area contributed by atoms with E-state index in [0.29, 0.717) is 32.5 Å². The van der Waals surface area contributed by atoms with Gasteiger partial charge in [0.15, 0.2) is 0 Å². The van der Waals surface area contributed by atoms with Crippen LogP contribution in [0.5, 0.6) is 0 Å². The van der Waals surface area contributed by atoms with Crippen molar-refractivity contribution in [2.75, 3.05) is 18.8 Å². The molecule has 0 aliphatic carbocycles. The van der Waals surface area contributed by atoms with Crippen molar-refractivity contribution in [3.8, 4) is 0 Å². The third kappa shape index (κ3) is 4.53. The van der Waals surface area contributed by atoms with Gasteiger partial charge in [-0.2, -0.15) is 0 Å². The van der Waals surface area contributed by atoms with Gasteiger partial charge in [0.1, 0.15) is 5.82 Å². The van der Waals surface area contributed by atoms with Crippen molar-refractivity contribution in [3.63, 3.8) is 0 Å². The van der Waals surface area contributed by atoms with Crippen LogP contribution in [0.25, 0.3) is 0 Å². The molecule has 2 rings (SSSR count). The molecule has 21 heavy (non-hydrogen) atoms. The summed E-state index contributed by atoms with van der Waals surface area (Å²) in [6, 6.07) is 0. The lowest BCUT2D eigenvalue weighted by Gasteiger charge is -2.17. The number of imidazole rings is 1. The Morgan fingerprint density at radius 1 is 1.52 bits per heavy atom. The summed E-state index contributed by atoms with van der Waals surface area (Å²) in [4.78, 5) is 18.1. The molecule has 0 bridgehead atoms. The third-order valence-corrected chi connectivity index (χ3v) is 4.73. The van der Waals surface area contributed by atoms with Crippen LogP contribution in [0.1, 0.15) is 25.6 Å². The van der Waals surface area contributed by atoms with Crippen LogP contribution in [0.2, 0.25) is 0 Å². The van der Waals surface area contributed by atoms with Gasteiger partial charge in [0.2, 0.25) is 15.9 Å². The SMILES string of the molecule is CCc1nccn1CCC(=O)N1CC[C@@H](CS(N)(=O)=O)C1. The maximum Gasteiger partial charge on any atom is 0.224 e. The van der Waals surface area contributed by atoms with Gasteiger partial charge in [0, 0.05) is 44.9 Å². The van der Waals surface area contributed by atoms with E-state index in [9.17, 15) is 13.2 Å². The monoisotopic (exact) mass is 314 g/mol. The van der Waals surface area contributed by atoms with Gasteiger partial charge in [-0.1, -0.05) is 6.92 Å². The van der Waals surface area contributed by atoms with Gasteiger partial charge in [0.05, 0.1) is 5.75 Å². The van der Waals surface area contributed by atoms with Crippen molar-refractivity contribution in [1.82, 2.24) is 14.5 Å². The van der Waals surface area contributed by atoms with Crippen LogP contribution in [-0.4, -0.2) is 47.6 Å². The van der Waals surface area contributed by atoms with E-state index >= 15 is 0 Å². The van der Waals surface area contributed by atoms with Crippen molar-refractivity contribution >= 4 is 15.9 Å². The Bertz CT molecular complexity index is 596. The van der Waals surface area contributed by atoms with E-state index < -0.39 is 10.0 Å². The molecule has 0 aromatic carbocycles. The molecule has 1 aromatic rings. The van der Waals surface area contributed by atoms with Gasteiger partial charge in [-0.3, -0.25) is 4.79 Å². The van der Waals surface area contributed by atoms with Crippen LogP contribution >= 0.6 is 0 Å². The first-order valence-corrected chi connectivity index (χ1v) is 8.89. The molecule has 0 unspecified atom stereocenters. The quantitative estimate of drug-likeness (QED) is 0.797. The van der Waals surface area contributed by atoms with E-state index in [2.05, 4.69) is 4.98 Å². The molecule has 1 saturated heterocycles. The molecule has 1 atom stereocenters. The van der Waals surface area contributed by atoms with Crippen LogP contribution in [-0.2, 0) is 27.8 Å². The number of amides is 1. The second-order valence-corrected chi connectivity index (χ2v) is 7.12.